The van der Waals surface area contributed by atoms with Gasteiger partial charge in [0.05, 0.1) is 107 Å². The number of carbonyl (C=O) groups is 5. The lowest BCUT2D eigenvalue weighted by atomic mass is 10.1. The summed E-state index contributed by atoms with van der Waals surface area (Å²) >= 11 is 0. The summed E-state index contributed by atoms with van der Waals surface area (Å²) in [5, 5.41) is 13.5. The molecule has 3 aromatic heterocycles. The number of anilines is 10. The molecule has 0 saturated heterocycles. The molecule has 768 valence electrons. The summed E-state index contributed by atoms with van der Waals surface area (Å²) in [5.41, 5.74) is 9.39. The minimum absolute atomic E-state index is 0.0298. The van der Waals surface area contributed by atoms with E-state index in [9.17, 15) is 66.1 Å². The second kappa shape index (κ2) is 52.1. The average Bonchev–Trinajstić information content (AvgIpc) is 0.824. The summed E-state index contributed by atoms with van der Waals surface area (Å²) in [6, 6.07) is 87.9. The Balaban J connectivity index is 0.000000176. The number of para-hydroxylation sites is 1. The fourth-order valence-corrected chi connectivity index (χ4v) is 22.1. The highest BCUT2D eigenvalue weighted by Crippen LogP contribution is 2.40. The summed E-state index contributed by atoms with van der Waals surface area (Å²) in [4.78, 5) is 80.3. The van der Waals surface area contributed by atoms with Crippen molar-refractivity contribution in [3.05, 3.63) is 398 Å². The first kappa shape index (κ1) is 111. The van der Waals surface area contributed by atoms with Gasteiger partial charge in [-0.15, -0.1) is 0 Å². The Morgan fingerprint density at radius 3 is 1.05 bits per heavy atom. The molecule has 0 aliphatic carbocycles. The van der Waals surface area contributed by atoms with Crippen LogP contribution >= 0.6 is 0 Å². The van der Waals surface area contributed by atoms with E-state index < -0.39 is 98.8 Å². The van der Waals surface area contributed by atoms with Crippen LogP contribution in [0.15, 0.2) is 383 Å². The highest BCUT2D eigenvalue weighted by molar-refractivity contribution is 7.94. The molecule has 0 aliphatic rings. The number of rotatable bonds is 35. The van der Waals surface area contributed by atoms with E-state index in [1.165, 1.54) is 148 Å². The molecular weight excluding hydrogens is 1990 g/mol. The van der Waals surface area contributed by atoms with Gasteiger partial charge in [-0.3, -0.25) is 55.5 Å². The maximum absolute atomic E-state index is 13.5. The standard InChI is InChI=1S/C23H24N2O4S.C23H24N2O3S.C22H23N3O3S.C21H21N3O5S.C20H20N4O5S/c1-17-12-13-18(2)22(14-17)25(30(27,28)21-10-5-4-6-11-21)16-23(26)24-19-8-7-9-20(15-19)29-3;1-17-13-14-19(3)22(15-17)25(29(27,28)20-10-5-4-6-11-20)16-23(26)24-21-12-8-7-9-18(21)2;1-16-11-12-17(2)21(14-16)25(29(27,28)20-9-5-4-6-10-20)18(3)22(26)24-19-8-7-13-23-15-19;1-28-16-11-12-19(29-2)18(14-16)24(30(26,27)17-8-4-3-5-9-17)15-21(25)23-20-10-6-7-13-22-20;1-28-15-8-9-18(29-2)17(12-15)24(30(26,27)16-6-4-3-5-7-16)14-20(25)23-19-13-21-10-11-22-19/h4-15H,16H2,1-3H3,(H,24,26);4-15H,16H2,1-3H3,(H,24,26);4-15,18H,1-3H3,(H,24,26);3-14H,15H2,1-2H3,(H,22,23,25);3-13H,14H2,1-2H3,(H,22,23,25). The number of ether oxygens (including phenoxy) is 5. The zero-order valence-electron chi connectivity index (χ0n) is 83.2. The molecule has 15 rings (SSSR count). The highest BCUT2D eigenvalue weighted by Gasteiger charge is 2.38. The molecule has 0 radical (unpaired) electrons. The third kappa shape index (κ3) is 29.7. The van der Waals surface area contributed by atoms with Crippen LogP contribution in [0.5, 0.6) is 28.7 Å². The van der Waals surface area contributed by atoms with E-state index in [0.29, 0.717) is 57.2 Å². The van der Waals surface area contributed by atoms with Crippen molar-refractivity contribution >= 4 is 137 Å². The van der Waals surface area contributed by atoms with Crippen molar-refractivity contribution in [1.29, 1.82) is 0 Å². The molecule has 0 spiro atoms. The second-order valence-electron chi connectivity index (χ2n) is 32.8. The van der Waals surface area contributed by atoms with Gasteiger partial charge in [0.25, 0.3) is 50.1 Å². The van der Waals surface area contributed by atoms with Gasteiger partial charge < -0.3 is 50.3 Å². The molecule has 12 aromatic carbocycles. The van der Waals surface area contributed by atoms with Crippen molar-refractivity contribution in [3.63, 3.8) is 0 Å². The molecule has 1 atom stereocenters. The van der Waals surface area contributed by atoms with Crippen LogP contribution in [0.3, 0.4) is 0 Å². The average molecular weight is 2100 g/mol. The minimum Gasteiger partial charge on any atom is -0.497 e. The van der Waals surface area contributed by atoms with Gasteiger partial charge >= 0.3 is 0 Å². The van der Waals surface area contributed by atoms with Crippen LogP contribution in [0.4, 0.5) is 57.1 Å². The first-order valence-corrected chi connectivity index (χ1v) is 52.8. The zero-order chi connectivity index (χ0) is 107. The number of nitrogens with zero attached hydrogens (tertiary/aromatic N) is 9. The van der Waals surface area contributed by atoms with Crippen LogP contribution in [0.2, 0.25) is 0 Å². The number of amides is 5. The third-order valence-electron chi connectivity index (χ3n) is 22.1. The number of methoxy groups -OCH3 is 5. The number of aromatic nitrogens is 4. The molecule has 15 aromatic rings. The van der Waals surface area contributed by atoms with E-state index in [0.717, 1.165) is 51.9 Å². The van der Waals surface area contributed by atoms with Gasteiger partial charge in [0.15, 0.2) is 5.82 Å². The zero-order valence-corrected chi connectivity index (χ0v) is 87.3. The van der Waals surface area contributed by atoms with Gasteiger partial charge in [0.1, 0.15) is 66.8 Å². The summed E-state index contributed by atoms with van der Waals surface area (Å²) < 4.78 is 166. The van der Waals surface area contributed by atoms with Crippen LogP contribution in [0, 0.1) is 48.5 Å². The van der Waals surface area contributed by atoms with Crippen LogP contribution in [-0.4, -0.2) is 159 Å². The predicted molar refractivity (Wildman–Crippen MR) is 574 cm³/mol. The van der Waals surface area contributed by atoms with E-state index in [1.54, 1.807) is 207 Å². The maximum Gasteiger partial charge on any atom is 0.265 e. The summed E-state index contributed by atoms with van der Waals surface area (Å²) in [6.07, 6.45) is 8.88. The monoisotopic (exact) mass is 2100 g/mol. The number of carbonyl (C=O) groups excluding carboxylic acids is 5. The molecule has 34 nitrogen and oxygen atoms in total. The van der Waals surface area contributed by atoms with Crippen molar-refractivity contribution in [2.75, 3.05) is 110 Å². The number of benzene rings is 12. The molecule has 148 heavy (non-hydrogen) atoms. The van der Waals surface area contributed by atoms with E-state index >= 15 is 0 Å². The molecule has 5 amide bonds. The first-order valence-electron chi connectivity index (χ1n) is 45.6. The van der Waals surface area contributed by atoms with Gasteiger partial charge in [-0.2, -0.15) is 0 Å². The fraction of sp³-hybridized carbons (Fsp3) is 0.165. The largest absolute Gasteiger partial charge is 0.497 e. The molecule has 0 saturated carbocycles. The van der Waals surface area contributed by atoms with Gasteiger partial charge in [-0.1, -0.05) is 158 Å². The summed E-state index contributed by atoms with van der Waals surface area (Å²) in [7, 11) is -12.7. The van der Waals surface area contributed by atoms with Crippen LogP contribution in [0.1, 0.15) is 45.9 Å². The third-order valence-corrected chi connectivity index (χ3v) is 31.1. The smallest absolute Gasteiger partial charge is 0.265 e. The minimum atomic E-state index is -4.10. The number of sulfonamides is 5. The Morgan fingerprint density at radius 1 is 0.284 bits per heavy atom. The Hall–Kier alpha value is -16.9. The molecule has 0 bridgehead atoms. The molecule has 0 aliphatic heterocycles. The van der Waals surface area contributed by atoms with Crippen LogP contribution in [-0.2, 0) is 74.1 Å². The van der Waals surface area contributed by atoms with Crippen molar-refractivity contribution in [3.8, 4) is 28.7 Å². The Labute approximate surface area is 862 Å². The lowest BCUT2D eigenvalue weighted by molar-refractivity contribution is -0.117. The number of nitrogens with one attached hydrogen (secondary N) is 5. The Kier molecular flexibility index (Phi) is 39.2. The predicted octanol–water partition coefficient (Wildman–Crippen LogP) is 17.8. The normalized spacial score (nSPS) is 11.2. The van der Waals surface area contributed by atoms with E-state index in [2.05, 4.69) is 46.5 Å². The van der Waals surface area contributed by atoms with Crippen molar-refractivity contribution in [2.24, 2.45) is 0 Å². The summed E-state index contributed by atoms with van der Waals surface area (Å²) in [6.45, 7) is 12.9. The topological polar surface area (TPSA) is 430 Å². The SMILES string of the molecule is COc1ccc(OC)c(N(CC(=O)Nc2ccccn2)S(=O)(=O)c2ccccc2)c1.COc1ccc(OC)c(N(CC(=O)Nc2cnccn2)S(=O)(=O)c2ccccc2)c1.COc1cccc(NC(=O)CN(c2cc(C)ccc2C)S(=O)(=O)c2ccccc2)c1.Cc1ccc(C)c(N(C(C)C(=O)Nc2cccnc2)S(=O)(=O)c2ccccc2)c1.Cc1ccc(C)c(N(CC(=O)Nc2ccccc2C)S(=O)(=O)c2ccccc2)c1. The second-order valence-corrected chi connectivity index (χ2v) is 42.1. The first-order chi connectivity index (χ1) is 70.8. The molecule has 1 unspecified atom stereocenters. The van der Waals surface area contributed by atoms with E-state index in [-0.39, 0.29) is 66.3 Å². The van der Waals surface area contributed by atoms with Crippen molar-refractivity contribution < 1.29 is 89.7 Å². The van der Waals surface area contributed by atoms with Crippen LogP contribution in [0.25, 0.3) is 0 Å². The van der Waals surface area contributed by atoms with E-state index in [4.69, 9.17) is 23.7 Å². The van der Waals surface area contributed by atoms with Gasteiger partial charge in [0.2, 0.25) is 29.5 Å². The fourth-order valence-electron chi connectivity index (χ4n) is 14.5. The molecule has 5 N–H and O–H groups in total. The highest BCUT2D eigenvalue weighted by atomic mass is 32.2. The number of pyridine rings is 2. The lowest BCUT2D eigenvalue weighted by Gasteiger charge is -2.31. The molecule has 0 fully saturated rings. The number of aryl methyl sites for hydroxylation is 7. The molecular formula is C109H112N14O20S5. The van der Waals surface area contributed by atoms with Crippen LogP contribution < -0.4 is 71.8 Å². The number of hydrogen-bond acceptors (Lipinski definition) is 24. The molecule has 3 heterocycles. The Morgan fingerprint density at radius 2 is 0.649 bits per heavy atom. The van der Waals surface area contributed by atoms with Gasteiger partial charge in [-0.05, 0) is 240 Å². The van der Waals surface area contributed by atoms with Crippen molar-refractivity contribution in [1.82, 2.24) is 19.9 Å². The molecule has 39 heteroatoms. The Bertz CT molecular complexity index is 7520. The lowest BCUT2D eigenvalue weighted by Crippen LogP contribution is -2.46. The summed E-state index contributed by atoms with van der Waals surface area (Å²) in [5.74, 6) is 0.0336. The van der Waals surface area contributed by atoms with Gasteiger partial charge in [-0.25, -0.2) is 52.1 Å². The van der Waals surface area contributed by atoms with E-state index in [1.807, 2.05) is 103 Å². The number of hydrogen-bond donors (Lipinski definition) is 5. The maximum atomic E-state index is 13.5. The van der Waals surface area contributed by atoms with Crippen molar-refractivity contribution in [2.45, 2.75) is 85.9 Å². The van der Waals surface area contributed by atoms with Gasteiger partial charge in [0, 0.05) is 54.4 Å². The quantitative estimate of drug-likeness (QED) is 0.0246.